The van der Waals surface area contributed by atoms with Crippen LogP contribution < -0.4 is 10.9 Å². The molecule has 0 aliphatic rings. The van der Waals surface area contributed by atoms with Gasteiger partial charge in [0.1, 0.15) is 5.69 Å². The number of hydrogen-bond donors (Lipinski definition) is 2. The molecule has 0 unspecified atom stereocenters. The highest BCUT2D eigenvalue weighted by molar-refractivity contribution is 9.10. The molecule has 0 bridgehead atoms. The largest absolute Gasteiger partial charge is 0.298 e. The summed E-state index contributed by atoms with van der Waals surface area (Å²) in [5.41, 5.74) is 10.9. The number of rotatable bonds is 4. The molecule has 0 saturated heterocycles. The number of nitrogens with one attached hydrogen (secondary N) is 2. The Kier molecular flexibility index (Phi) is 4.31. The zero-order valence-electron chi connectivity index (χ0n) is 13.3. The van der Waals surface area contributed by atoms with Gasteiger partial charge in [0.25, 0.3) is 0 Å². The lowest BCUT2D eigenvalue weighted by Crippen LogP contribution is -2.12. The Morgan fingerprint density at radius 2 is 1.28 bits per heavy atom. The molecule has 2 N–H and O–H groups in total. The Balaban J connectivity index is 1.77. The summed E-state index contributed by atoms with van der Waals surface area (Å²) in [5.74, 6) is 0.681. The number of benzene rings is 3. The van der Waals surface area contributed by atoms with Gasteiger partial charge in [0, 0.05) is 10.0 Å². The van der Waals surface area contributed by atoms with E-state index in [1.807, 2.05) is 78.9 Å². The molecule has 0 atom stereocenters. The molecule has 1 aromatic heterocycles. The van der Waals surface area contributed by atoms with Crippen LogP contribution in [0.3, 0.4) is 0 Å². The number of para-hydroxylation sites is 3. The molecule has 0 spiro atoms. The van der Waals surface area contributed by atoms with E-state index < -0.39 is 0 Å². The van der Waals surface area contributed by atoms with E-state index in [0.29, 0.717) is 5.82 Å². The Bertz CT molecular complexity index is 1020. The van der Waals surface area contributed by atoms with Crippen LogP contribution in [-0.2, 0) is 0 Å². The number of anilines is 2. The van der Waals surface area contributed by atoms with Gasteiger partial charge in [0.05, 0.1) is 16.7 Å². The predicted octanol–water partition coefficient (Wildman–Crippen LogP) is 5.50. The maximum atomic E-state index is 4.80. The molecule has 3 aromatic carbocycles. The van der Waals surface area contributed by atoms with Gasteiger partial charge < -0.3 is 0 Å². The fraction of sp³-hybridized carbons (Fsp3) is 0. The molecule has 122 valence electrons. The quantitative estimate of drug-likeness (QED) is 0.451. The van der Waals surface area contributed by atoms with Crippen LogP contribution in [0.1, 0.15) is 0 Å². The van der Waals surface area contributed by atoms with Gasteiger partial charge in [-0.2, -0.15) is 0 Å². The van der Waals surface area contributed by atoms with Gasteiger partial charge in [-0.3, -0.25) is 10.9 Å². The van der Waals surface area contributed by atoms with E-state index in [1.165, 1.54) is 0 Å². The van der Waals surface area contributed by atoms with Gasteiger partial charge >= 0.3 is 0 Å². The summed E-state index contributed by atoms with van der Waals surface area (Å²) in [4.78, 5) is 9.55. The highest BCUT2D eigenvalue weighted by Crippen LogP contribution is 2.28. The zero-order valence-corrected chi connectivity index (χ0v) is 14.9. The standard InChI is InChI=1S/C20H15BrN4/c21-15-10-4-5-11-16(15)24-25-20-19(14-8-2-1-3-9-14)22-17-12-6-7-13-18(17)23-20/h1-13,24H,(H,23,25). The first-order valence-corrected chi connectivity index (χ1v) is 8.69. The SMILES string of the molecule is Brc1ccccc1NNc1nc2ccccc2nc1-c1ccccc1. The van der Waals surface area contributed by atoms with E-state index >= 15 is 0 Å². The van der Waals surface area contributed by atoms with E-state index in [2.05, 4.69) is 26.8 Å². The minimum Gasteiger partial charge on any atom is -0.298 e. The molecule has 25 heavy (non-hydrogen) atoms. The van der Waals surface area contributed by atoms with E-state index in [1.54, 1.807) is 0 Å². The fourth-order valence-electron chi connectivity index (χ4n) is 2.57. The second-order valence-electron chi connectivity index (χ2n) is 5.51. The zero-order chi connectivity index (χ0) is 17.1. The van der Waals surface area contributed by atoms with Crippen LogP contribution in [0.5, 0.6) is 0 Å². The first kappa shape index (κ1) is 15.6. The Morgan fingerprint density at radius 3 is 2.04 bits per heavy atom. The van der Waals surface area contributed by atoms with Crippen LogP contribution in [0, 0.1) is 0 Å². The third-order valence-corrected chi connectivity index (χ3v) is 4.50. The molecule has 4 aromatic rings. The second kappa shape index (κ2) is 6.91. The summed E-state index contributed by atoms with van der Waals surface area (Å²) in [5, 5.41) is 0. The normalized spacial score (nSPS) is 10.6. The van der Waals surface area contributed by atoms with Gasteiger partial charge in [0.2, 0.25) is 0 Å². The lowest BCUT2D eigenvalue weighted by molar-refractivity contribution is 1.25. The molecule has 5 heteroatoms. The van der Waals surface area contributed by atoms with Crippen LogP contribution in [0.15, 0.2) is 83.3 Å². The molecule has 0 fully saturated rings. The van der Waals surface area contributed by atoms with Crippen molar-refractivity contribution in [2.24, 2.45) is 0 Å². The van der Waals surface area contributed by atoms with Crippen LogP contribution in [0.25, 0.3) is 22.3 Å². The molecule has 4 nitrogen and oxygen atoms in total. The number of aromatic nitrogens is 2. The molecule has 0 aliphatic carbocycles. The first-order chi connectivity index (χ1) is 12.3. The topological polar surface area (TPSA) is 49.8 Å². The first-order valence-electron chi connectivity index (χ1n) is 7.90. The summed E-state index contributed by atoms with van der Waals surface area (Å²) in [7, 11) is 0. The van der Waals surface area contributed by atoms with Crippen molar-refractivity contribution in [3.63, 3.8) is 0 Å². The minimum atomic E-state index is 0.681. The van der Waals surface area contributed by atoms with Crippen molar-refractivity contribution in [2.45, 2.75) is 0 Å². The Morgan fingerprint density at radius 1 is 0.640 bits per heavy atom. The van der Waals surface area contributed by atoms with Gasteiger partial charge in [0.15, 0.2) is 5.82 Å². The summed E-state index contributed by atoms with van der Waals surface area (Å²) in [6, 6.07) is 25.8. The smallest absolute Gasteiger partial charge is 0.171 e. The van der Waals surface area contributed by atoms with E-state index in [9.17, 15) is 0 Å². The van der Waals surface area contributed by atoms with E-state index in [0.717, 1.165) is 32.5 Å². The predicted molar refractivity (Wildman–Crippen MR) is 106 cm³/mol. The fourth-order valence-corrected chi connectivity index (χ4v) is 2.96. The van der Waals surface area contributed by atoms with Gasteiger partial charge in [-0.1, -0.05) is 54.6 Å². The van der Waals surface area contributed by atoms with Crippen molar-refractivity contribution in [1.29, 1.82) is 0 Å². The minimum absolute atomic E-state index is 0.681. The molecular formula is C20H15BrN4. The van der Waals surface area contributed by atoms with Crippen molar-refractivity contribution in [1.82, 2.24) is 9.97 Å². The second-order valence-corrected chi connectivity index (χ2v) is 6.36. The third kappa shape index (κ3) is 3.32. The van der Waals surface area contributed by atoms with Crippen molar-refractivity contribution in [3.8, 4) is 11.3 Å². The molecule has 4 rings (SSSR count). The maximum absolute atomic E-state index is 4.80. The van der Waals surface area contributed by atoms with Crippen LogP contribution in [-0.4, -0.2) is 9.97 Å². The van der Waals surface area contributed by atoms with E-state index in [-0.39, 0.29) is 0 Å². The monoisotopic (exact) mass is 390 g/mol. The number of fused-ring (bicyclic) bond motifs is 1. The maximum Gasteiger partial charge on any atom is 0.171 e. The molecule has 0 radical (unpaired) electrons. The summed E-state index contributed by atoms with van der Waals surface area (Å²) in [6.45, 7) is 0. The molecule has 0 saturated carbocycles. The summed E-state index contributed by atoms with van der Waals surface area (Å²) < 4.78 is 0.970. The van der Waals surface area contributed by atoms with Crippen molar-refractivity contribution in [3.05, 3.63) is 83.3 Å². The average molecular weight is 391 g/mol. The van der Waals surface area contributed by atoms with Gasteiger partial charge in [-0.15, -0.1) is 0 Å². The number of halogens is 1. The van der Waals surface area contributed by atoms with Gasteiger partial charge in [-0.05, 0) is 40.2 Å². The number of hydrogen-bond acceptors (Lipinski definition) is 4. The molecule has 0 amide bonds. The van der Waals surface area contributed by atoms with Crippen LogP contribution >= 0.6 is 15.9 Å². The molecule has 0 aliphatic heterocycles. The van der Waals surface area contributed by atoms with Crippen LogP contribution in [0.4, 0.5) is 11.5 Å². The lowest BCUT2D eigenvalue weighted by Gasteiger charge is -2.14. The highest BCUT2D eigenvalue weighted by Gasteiger charge is 2.11. The average Bonchev–Trinajstić information content (AvgIpc) is 2.67. The molecule has 1 heterocycles. The van der Waals surface area contributed by atoms with Crippen molar-refractivity contribution < 1.29 is 0 Å². The molecular weight excluding hydrogens is 376 g/mol. The highest BCUT2D eigenvalue weighted by atomic mass is 79.9. The summed E-state index contributed by atoms with van der Waals surface area (Å²) in [6.07, 6.45) is 0. The van der Waals surface area contributed by atoms with Crippen LogP contribution in [0.2, 0.25) is 0 Å². The van der Waals surface area contributed by atoms with Crippen molar-refractivity contribution in [2.75, 3.05) is 10.9 Å². The number of hydrazine groups is 1. The van der Waals surface area contributed by atoms with Gasteiger partial charge in [-0.25, -0.2) is 9.97 Å². The van der Waals surface area contributed by atoms with Crippen molar-refractivity contribution >= 4 is 38.5 Å². The lowest BCUT2D eigenvalue weighted by atomic mass is 10.1. The summed E-state index contributed by atoms with van der Waals surface area (Å²) >= 11 is 3.53. The third-order valence-electron chi connectivity index (χ3n) is 3.81. The Labute approximate surface area is 154 Å². The Hall–Kier alpha value is -2.92. The van der Waals surface area contributed by atoms with E-state index in [4.69, 9.17) is 9.97 Å². The number of nitrogens with zero attached hydrogens (tertiary/aromatic N) is 2.